The van der Waals surface area contributed by atoms with E-state index >= 15 is 0 Å². The molecular formula is C14H16BrN3O. The number of fused-ring (bicyclic) bond motifs is 1. The molecule has 1 fully saturated rings. The van der Waals surface area contributed by atoms with E-state index in [1.165, 1.54) is 6.42 Å². The number of ketones is 1. The third-order valence-corrected chi connectivity index (χ3v) is 4.48. The molecule has 5 heteroatoms. The van der Waals surface area contributed by atoms with Gasteiger partial charge in [0.15, 0.2) is 11.4 Å². The molecule has 0 saturated heterocycles. The van der Waals surface area contributed by atoms with E-state index in [4.69, 9.17) is 0 Å². The van der Waals surface area contributed by atoms with Crippen LogP contribution < -0.4 is 0 Å². The molecule has 3 rings (SSSR count). The van der Waals surface area contributed by atoms with Gasteiger partial charge in [0.1, 0.15) is 10.1 Å². The molecule has 4 nitrogen and oxygen atoms in total. The minimum absolute atomic E-state index is 0.200. The van der Waals surface area contributed by atoms with Crippen molar-refractivity contribution in [3.8, 4) is 0 Å². The second-order valence-corrected chi connectivity index (χ2v) is 6.36. The van der Waals surface area contributed by atoms with Crippen molar-refractivity contribution in [3.63, 3.8) is 0 Å². The Morgan fingerprint density at radius 2 is 2.11 bits per heavy atom. The zero-order valence-electron chi connectivity index (χ0n) is 10.9. The second kappa shape index (κ2) is 4.71. The standard InChI is InChI=1S/C14H16BrN3O/c1-14(5-3-2-4-6-14)12(19)9-7-16-13-11(9)18-10(15)8-17-13/h7-8H,2-6H2,1H3,(H,16,17). The van der Waals surface area contributed by atoms with Gasteiger partial charge in [-0.2, -0.15) is 0 Å². The minimum Gasteiger partial charge on any atom is -0.344 e. The number of carbonyl (C=O) groups excluding carboxylic acids is 1. The topological polar surface area (TPSA) is 58.6 Å². The highest BCUT2D eigenvalue weighted by Crippen LogP contribution is 2.39. The van der Waals surface area contributed by atoms with Gasteiger partial charge in [0.2, 0.25) is 0 Å². The van der Waals surface area contributed by atoms with Gasteiger partial charge in [-0.15, -0.1) is 0 Å². The van der Waals surface area contributed by atoms with Gasteiger partial charge in [-0.1, -0.05) is 26.2 Å². The summed E-state index contributed by atoms with van der Waals surface area (Å²) < 4.78 is 0.655. The van der Waals surface area contributed by atoms with E-state index in [0.29, 0.717) is 21.3 Å². The highest BCUT2D eigenvalue weighted by atomic mass is 79.9. The van der Waals surface area contributed by atoms with E-state index in [-0.39, 0.29) is 11.2 Å². The number of halogens is 1. The Morgan fingerprint density at radius 3 is 2.84 bits per heavy atom. The lowest BCUT2D eigenvalue weighted by Crippen LogP contribution is -2.30. The molecule has 1 aliphatic carbocycles. The molecule has 0 atom stereocenters. The van der Waals surface area contributed by atoms with Crippen molar-refractivity contribution in [2.24, 2.45) is 5.41 Å². The fourth-order valence-electron chi connectivity index (χ4n) is 2.93. The molecular weight excluding hydrogens is 306 g/mol. The number of hydrogen-bond donors (Lipinski definition) is 1. The van der Waals surface area contributed by atoms with Gasteiger partial charge in [-0.25, -0.2) is 9.97 Å². The van der Waals surface area contributed by atoms with Crippen LogP contribution in [0.25, 0.3) is 11.2 Å². The second-order valence-electron chi connectivity index (χ2n) is 5.54. The van der Waals surface area contributed by atoms with E-state index in [2.05, 4.69) is 37.8 Å². The SMILES string of the molecule is CC1(C(=O)c2c[nH]c3ncc(Br)nc23)CCCCC1. The summed E-state index contributed by atoms with van der Waals surface area (Å²) in [5.41, 5.74) is 1.78. The average Bonchev–Trinajstić information content (AvgIpc) is 2.81. The highest BCUT2D eigenvalue weighted by molar-refractivity contribution is 9.10. The Hall–Kier alpha value is -1.23. The molecule has 0 spiro atoms. The van der Waals surface area contributed by atoms with Crippen LogP contribution in [0.1, 0.15) is 49.4 Å². The molecule has 0 amide bonds. The molecule has 0 radical (unpaired) electrons. The first-order valence-corrected chi connectivity index (χ1v) is 7.44. The lowest BCUT2D eigenvalue weighted by Gasteiger charge is -2.31. The van der Waals surface area contributed by atoms with Crippen LogP contribution in [0.2, 0.25) is 0 Å². The Kier molecular flexibility index (Phi) is 3.17. The molecule has 1 N–H and O–H groups in total. The predicted molar refractivity (Wildman–Crippen MR) is 77.1 cm³/mol. The zero-order valence-corrected chi connectivity index (χ0v) is 12.5. The molecule has 0 unspecified atom stereocenters. The smallest absolute Gasteiger partial charge is 0.172 e. The van der Waals surface area contributed by atoms with Gasteiger partial charge in [0.25, 0.3) is 0 Å². The van der Waals surface area contributed by atoms with E-state index in [0.717, 1.165) is 25.7 Å². The highest BCUT2D eigenvalue weighted by Gasteiger charge is 2.36. The van der Waals surface area contributed by atoms with Crippen molar-refractivity contribution in [1.29, 1.82) is 0 Å². The average molecular weight is 322 g/mol. The normalized spacial score (nSPS) is 18.6. The van der Waals surface area contributed by atoms with Crippen molar-refractivity contribution < 1.29 is 4.79 Å². The van der Waals surface area contributed by atoms with Crippen molar-refractivity contribution in [2.75, 3.05) is 0 Å². The lowest BCUT2D eigenvalue weighted by atomic mass is 9.71. The molecule has 100 valence electrons. The Bertz CT molecular complexity index is 629. The van der Waals surface area contributed by atoms with Gasteiger partial charge in [-0.3, -0.25) is 4.79 Å². The molecule has 19 heavy (non-hydrogen) atoms. The quantitative estimate of drug-likeness (QED) is 0.854. The summed E-state index contributed by atoms with van der Waals surface area (Å²) in [4.78, 5) is 24.5. The van der Waals surface area contributed by atoms with Crippen LogP contribution in [0.5, 0.6) is 0 Å². The minimum atomic E-state index is -0.239. The van der Waals surface area contributed by atoms with Crippen molar-refractivity contribution >= 4 is 32.9 Å². The van der Waals surface area contributed by atoms with Gasteiger partial charge >= 0.3 is 0 Å². The van der Waals surface area contributed by atoms with Crippen LogP contribution in [0.3, 0.4) is 0 Å². The Balaban J connectivity index is 2.04. The number of nitrogens with zero attached hydrogens (tertiary/aromatic N) is 2. The van der Waals surface area contributed by atoms with E-state index in [1.807, 2.05) is 0 Å². The fraction of sp³-hybridized carbons (Fsp3) is 0.500. The summed E-state index contributed by atoms with van der Waals surface area (Å²) in [7, 11) is 0. The molecule has 0 bridgehead atoms. The molecule has 0 aromatic carbocycles. The molecule has 2 aromatic rings. The Morgan fingerprint density at radius 1 is 1.37 bits per heavy atom. The first-order chi connectivity index (χ1) is 9.10. The maximum Gasteiger partial charge on any atom is 0.172 e. The first kappa shape index (κ1) is 12.8. The zero-order chi connectivity index (χ0) is 13.5. The summed E-state index contributed by atoms with van der Waals surface area (Å²) in [5.74, 6) is 0.200. The van der Waals surface area contributed by atoms with E-state index in [1.54, 1.807) is 12.4 Å². The van der Waals surface area contributed by atoms with Gasteiger partial charge < -0.3 is 4.98 Å². The van der Waals surface area contributed by atoms with Gasteiger partial charge in [0, 0.05) is 11.6 Å². The number of aromatic nitrogens is 3. The molecule has 2 aromatic heterocycles. The number of carbonyl (C=O) groups is 1. The number of aromatic amines is 1. The monoisotopic (exact) mass is 321 g/mol. The molecule has 1 saturated carbocycles. The maximum atomic E-state index is 12.8. The van der Waals surface area contributed by atoms with Crippen LogP contribution in [-0.2, 0) is 0 Å². The van der Waals surface area contributed by atoms with Crippen molar-refractivity contribution in [3.05, 3.63) is 22.6 Å². The van der Waals surface area contributed by atoms with Crippen LogP contribution >= 0.6 is 15.9 Å². The Labute approximate surface area is 120 Å². The van der Waals surface area contributed by atoms with E-state index in [9.17, 15) is 4.79 Å². The summed E-state index contributed by atoms with van der Waals surface area (Å²) in [6.07, 6.45) is 8.84. The molecule has 1 aliphatic rings. The first-order valence-electron chi connectivity index (χ1n) is 6.65. The largest absolute Gasteiger partial charge is 0.344 e. The van der Waals surface area contributed by atoms with Crippen molar-refractivity contribution in [1.82, 2.24) is 15.0 Å². The van der Waals surface area contributed by atoms with Crippen LogP contribution in [0, 0.1) is 5.41 Å². The predicted octanol–water partition coefficient (Wildman–Crippen LogP) is 3.87. The fourth-order valence-corrected chi connectivity index (χ4v) is 3.21. The maximum absolute atomic E-state index is 12.8. The number of rotatable bonds is 2. The van der Waals surface area contributed by atoms with Gasteiger partial charge in [-0.05, 0) is 28.8 Å². The third-order valence-electron chi connectivity index (χ3n) is 4.10. The van der Waals surface area contributed by atoms with Crippen LogP contribution in [-0.4, -0.2) is 20.7 Å². The summed E-state index contributed by atoms with van der Waals surface area (Å²) >= 11 is 3.31. The van der Waals surface area contributed by atoms with Crippen molar-refractivity contribution in [2.45, 2.75) is 39.0 Å². The number of Topliss-reactive ketones (excluding diaryl/α,β-unsaturated/α-hetero) is 1. The van der Waals surface area contributed by atoms with E-state index < -0.39 is 0 Å². The number of nitrogens with one attached hydrogen (secondary N) is 1. The molecule has 0 aliphatic heterocycles. The molecule has 2 heterocycles. The third kappa shape index (κ3) is 2.20. The summed E-state index contributed by atoms with van der Waals surface area (Å²) in [6.45, 7) is 2.08. The van der Waals surface area contributed by atoms with Crippen LogP contribution in [0.15, 0.2) is 17.0 Å². The summed E-state index contributed by atoms with van der Waals surface area (Å²) in [5, 5.41) is 0. The number of hydrogen-bond acceptors (Lipinski definition) is 3. The van der Waals surface area contributed by atoms with Crippen LogP contribution in [0.4, 0.5) is 0 Å². The van der Waals surface area contributed by atoms with Gasteiger partial charge in [0.05, 0.1) is 11.8 Å². The number of H-pyrrole nitrogens is 1. The summed E-state index contributed by atoms with van der Waals surface area (Å²) in [6, 6.07) is 0. The lowest BCUT2D eigenvalue weighted by molar-refractivity contribution is 0.0751.